The number of anilines is 1. The lowest BCUT2D eigenvalue weighted by molar-refractivity contribution is 0.838. The van der Waals surface area contributed by atoms with E-state index in [0.29, 0.717) is 11.8 Å². The van der Waals surface area contributed by atoms with Crippen LogP contribution in [0.15, 0.2) is 30.3 Å². The Hall–Kier alpha value is -1.76. The van der Waals surface area contributed by atoms with Crippen LogP contribution in [0.1, 0.15) is 61.8 Å². The molecule has 0 heterocycles. The van der Waals surface area contributed by atoms with Crippen LogP contribution >= 0.6 is 0 Å². The highest BCUT2D eigenvalue weighted by Crippen LogP contribution is 2.40. The number of aryl methyl sites for hydroxylation is 2. The van der Waals surface area contributed by atoms with Crippen LogP contribution in [0, 0.1) is 13.8 Å². The number of benzene rings is 2. The Morgan fingerprint density at radius 3 is 1.86 bits per heavy atom. The second kappa shape index (κ2) is 5.93. The molecule has 112 valence electrons. The van der Waals surface area contributed by atoms with Gasteiger partial charge in [-0.2, -0.15) is 0 Å². The van der Waals surface area contributed by atoms with E-state index in [9.17, 15) is 0 Å². The topological polar surface area (TPSA) is 26.0 Å². The first-order valence-corrected chi connectivity index (χ1v) is 7.82. The molecule has 0 saturated heterocycles. The average molecular weight is 281 g/mol. The molecule has 0 amide bonds. The van der Waals surface area contributed by atoms with E-state index >= 15 is 0 Å². The molecule has 0 aliphatic carbocycles. The molecule has 0 saturated carbocycles. The molecule has 2 N–H and O–H groups in total. The molecule has 0 radical (unpaired) electrons. The van der Waals surface area contributed by atoms with Crippen molar-refractivity contribution in [2.45, 2.75) is 53.4 Å². The average Bonchev–Trinajstić information content (AvgIpc) is 2.41. The van der Waals surface area contributed by atoms with Crippen molar-refractivity contribution in [1.82, 2.24) is 0 Å². The van der Waals surface area contributed by atoms with Crippen LogP contribution in [0.5, 0.6) is 0 Å². The van der Waals surface area contributed by atoms with Crippen molar-refractivity contribution in [2.24, 2.45) is 0 Å². The number of hydrogen-bond donors (Lipinski definition) is 1. The highest BCUT2D eigenvalue weighted by molar-refractivity contribution is 5.83. The monoisotopic (exact) mass is 281 g/mol. The standard InChI is InChI=1S/C20H27N/c1-12(2)16-8-7-9-17(13(3)4)19(16)18-11-14(5)10-15(6)20(18)21/h7-13H,21H2,1-6H3. The summed E-state index contributed by atoms with van der Waals surface area (Å²) in [5.74, 6) is 0.970. The molecule has 0 atom stereocenters. The quantitative estimate of drug-likeness (QED) is 0.707. The second-order valence-electron chi connectivity index (χ2n) is 6.66. The van der Waals surface area contributed by atoms with E-state index in [-0.39, 0.29) is 0 Å². The predicted molar refractivity (Wildman–Crippen MR) is 93.9 cm³/mol. The van der Waals surface area contributed by atoms with E-state index in [0.717, 1.165) is 5.69 Å². The van der Waals surface area contributed by atoms with Crippen LogP contribution in [0.3, 0.4) is 0 Å². The molecule has 2 aromatic rings. The zero-order valence-corrected chi connectivity index (χ0v) is 14.1. The first kappa shape index (κ1) is 15.6. The van der Waals surface area contributed by atoms with Gasteiger partial charge in [-0.25, -0.2) is 0 Å². The molecule has 1 nitrogen and oxygen atoms in total. The minimum Gasteiger partial charge on any atom is -0.398 e. The Kier molecular flexibility index (Phi) is 4.41. The summed E-state index contributed by atoms with van der Waals surface area (Å²) >= 11 is 0. The van der Waals surface area contributed by atoms with Gasteiger partial charge in [-0.15, -0.1) is 0 Å². The van der Waals surface area contributed by atoms with E-state index in [1.807, 2.05) is 0 Å². The third kappa shape index (κ3) is 2.97. The zero-order valence-electron chi connectivity index (χ0n) is 14.1. The van der Waals surface area contributed by atoms with Crippen molar-refractivity contribution in [3.05, 3.63) is 52.6 Å². The smallest absolute Gasteiger partial charge is 0.0423 e. The number of rotatable bonds is 3. The summed E-state index contributed by atoms with van der Waals surface area (Å²) < 4.78 is 0. The van der Waals surface area contributed by atoms with Crippen molar-refractivity contribution in [3.63, 3.8) is 0 Å². The summed E-state index contributed by atoms with van der Waals surface area (Å²) in [4.78, 5) is 0. The first-order valence-electron chi connectivity index (χ1n) is 7.82. The number of nitrogens with two attached hydrogens (primary N) is 1. The molecular weight excluding hydrogens is 254 g/mol. The lowest BCUT2D eigenvalue weighted by Gasteiger charge is -2.22. The van der Waals surface area contributed by atoms with Gasteiger partial charge in [0, 0.05) is 11.3 Å². The summed E-state index contributed by atoms with van der Waals surface area (Å²) in [6.07, 6.45) is 0. The van der Waals surface area contributed by atoms with Gasteiger partial charge >= 0.3 is 0 Å². The summed E-state index contributed by atoms with van der Waals surface area (Å²) in [6, 6.07) is 11.0. The molecule has 2 rings (SSSR count). The maximum Gasteiger partial charge on any atom is 0.0423 e. The molecule has 0 fully saturated rings. The summed E-state index contributed by atoms with van der Waals surface area (Å²) in [5, 5.41) is 0. The van der Waals surface area contributed by atoms with E-state index in [1.165, 1.54) is 33.4 Å². The Morgan fingerprint density at radius 2 is 1.38 bits per heavy atom. The van der Waals surface area contributed by atoms with Crippen LogP contribution in [0.2, 0.25) is 0 Å². The van der Waals surface area contributed by atoms with Gasteiger partial charge in [0.15, 0.2) is 0 Å². The fourth-order valence-corrected chi connectivity index (χ4v) is 3.05. The lowest BCUT2D eigenvalue weighted by atomic mass is 9.83. The Labute approximate surface area is 129 Å². The maximum absolute atomic E-state index is 6.42. The fraction of sp³-hybridized carbons (Fsp3) is 0.400. The van der Waals surface area contributed by atoms with Crippen LogP contribution in [0.25, 0.3) is 11.1 Å². The lowest BCUT2D eigenvalue weighted by Crippen LogP contribution is -2.03. The van der Waals surface area contributed by atoms with Gasteiger partial charge < -0.3 is 5.73 Å². The predicted octanol–water partition coefficient (Wildman–Crippen LogP) is 5.80. The second-order valence-corrected chi connectivity index (χ2v) is 6.66. The maximum atomic E-state index is 6.42. The SMILES string of the molecule is Cc1cc(C)c(N)c(-c2c(C(C)C)cccc2C(C)C)c1. The molecule has 0 aliphatic rings. The molecule has 0 aliphatic heterocycles. The fourth-order valence-electron chi connectivity index (χ4n) is 3.05. The van der Waals surface area contributed by atoms with Gasteiger partial charge in [0.25, 0.3) is 0 Å². The number of nitrogen functional groups attached to an aromatic ring is 1. The van der Waals surface area contributed by atoms with Gasteiger partial charge in [-0.1, -0.05) is 57.5 Å². The molecule has 0 aromatic heterocycles. The van der Waals surface area contributed by atoms with E-state index in [1.54, 1.807) is 0 Å². The van der Waals surface area contributed by atoms with Crippen molar-refractivity contribution in [2.75, 3.05) is 5.73 Å². The van der Waals surface area contributed by atoms with Crippen molar-refractivity contribution < 1.29 is 0 Å². The summed E-state index contributed by atoms with van der Waals surface area (Å²) in [5.41, 5.74) is 15.1. The van der Waals surface area contributed by atoms with Crippen molar-refractivity contribution in [1.29, 1.82) is 0 Å². The largest absolute Gasteiger partial charge is 0.398 e. The van der Waals surface area contributed by atoms with E-state index in [4.69, 9.17) is 5.73 Å². The van der Waals surface area contributed by atoms with Crippen molar-refractivity contribution >= 4 is 5.69 Å². The van der Waals surface area contributed by atoms with Gasteiger partial charge in [-0.05, 0) is 54.0 Å². The summed E-state index contributed by atoms with van der Waals surface area (Å²) in [7, 11) is 0. The molecule has 0 spiro atoms. The highest BCUT2D eigenvalue weighted by atomic mass is 14.6. The minimum absolute atomic E-state index is 0.485. The third-order valence-corrected chi connectivity index (χ3v) is 4.17. The minimum atomic E-state index is 0.485. The van der Waals surface area contributed by atoms with E-state index < -0.39 is 0 Å². The molecular formula is C20H27N. The normalized spacial score (nSPS) is 11.4. The number of hydrogen-bond acceptors (Lipinski definition) is 1. The first-order chi connectivity index (χ1) is 9.82. The zero-order chi connectivity index (χ0) is 15.7. The van der Waals surface area contributed by atoms with Gasteiger partial charge in [0.1, 0.15) is 0 Å². The molecule has 0 unspecified atom stereocenters. The molecule has 0 bridgehead atoms. The summed E-state index contributed by atoms with van der Waals surface area (Å²) in [6.45, 7) is 13.2. The third-order valence-electron chi connectivity index (χ3n) is 4.17. The van der Waals surface area contributed by atoms with Crippen molar-refractivity contribution in [3.8, 4) is 11.1 Å². The van der Waals surface area contributed by atoms with Gasteiger partial charge in [-0.3, -0.25) is 0 Å². The Morgan fingerprint density at radius 1 is 0.857 bits per heavy atom. The molecule has 2 aromatic carbocycles. The Bertz CT molecular complexity index is 625. The molecule has 21 heavy (non-hydrogen) atoms. The Balaban J connectivity index is 2.84. The highest BCUT2D eigenvalue weighted by Gasteiger charge is 2.18. The van der Waals surface area contributed by atoms with E-state index in [2.05, 4.69) is 71.9 Å². The van der Waals surface area contributed by atoms with Gasteiger partial charge in [0.05, 0.1) is 0 Å². The van der Waals surface area contributed by atoms with Crippen LogP contribution in [-0.4, -0.2) is 0 Å². The van der Waals surface area contributed by atoms with Crippen LogP contribution < -0.4 is 5.73 Å². The molecule has 1 heteroatoms. The van der Waals surface area contributed by atoms with Crippen LogP contribution in [0.4, 0.5) is 5.69 Å². The van der Waals surface area contributed by atoms with Gasteiger partial charge in [0.2, 0.25) is 0 Å². The van der Waals surface area contributed by atoms with Crippen LogP contribution in [-0.2, 0) is 0 Å².